The Labute approximate surface area is 252 Å². The summed E-state index contributed by atoms with van der Waals surface area (Å²) >= 11 is 1.51. The lowest BCUT2D eigenvalue weighted by Crippen LogP contribution is -2.42. The molecule has 0 unspecified atom stereocenters. The van der Waals surface area contributed by atoms with Crippen LogP contribution in [0.4, 0.5) is 5.82 Å². The van der Waals surface area contributed by atoms with Crippen molar-refractivity contribution in [1.82, 2.24) is 15.1 Å². The summed E-state index contributed by atoms with van der Waals surface area (Å²) in [5.41, 5.74) is 5.26. The molecule has 5 aromatic rings. The lowest BCUT2D eigenvalue weighted by atomic mass is 9.99. The first-order chi connectivity index (χ1) is 21.1. The highest BCUT2D eigenvalue weighted by Crippen LogP contribution is 2.50. The van der Waals surface area contributed by atoms with Crippen molar-refractivity contribution in [3.8, 4) is 28.4 Å². The van der Waals surface area contributed by atoms with Crippen LogP contribution in [0.15, 0.2) is 95.6 Å². The van der Waals surface area contributed by atoms with E-state index in [1.807, 2.05) is 84.4 Å². The van der Waals surface area contributed by atoms with E-state index in [4.69, 9.17) is 19.0 Å². The van der Waals surface area contributed by atoms with Crippen LogP contribution in [-0.2, 0) is 16.1 Å². The van der Waals surface area contributed by atoms with Crippen LogP contribution in [0.1, 0.15) is 27.7 Å². The van der Waals surface area contributed by atoms with E-state index in [-0.39, 0.29) is 42.7 Å². The van der Waals surface area contributed by atoms with Gasteiger partial charge < -0.3 is 19.2 Å². The third kappa shape index (κ3) is 5.14. The fraction of sp³-hybridized carbons (Fsp3) is 0.182. The first-order valence-corrected chi connectivity index (χ1v) is 15.0. The van der Waals surface area contributed by atoms with Gasteiger partial charge >= 0.3 is 0 Å². The lowest BCUT2D eigenvalue weighted by Gasteiger charge is -2.23. The highest BCUT2D eigenvalue weighted by Gasteiger charge is 2.38. The molecule has 7 rings (SSSR count). The number of aryl methyl sites for hydroxylation is 1. The number of carbonyl (C=O) groups excluding carboxylic acids is 2. The molecular formula is C33H28N4O5S. The van der Waals surface area contributed by atoms with E-state index in [1.165, 1.54) is 11.8 Å². The third-order valence-corrected chi connectivity index (χ3v) is 8.78. The SMILES string of the molecule is Cc1ccccc1-n1nc(-c2ccccc2)c2c1N(CC(=O)NCc1ccco1)C(=O)CS[C@@H]2c1ccc2c(c1)OCO2. The smallest absolute Gasteiger partial charge is 0.240 e. The third-order valence-electron chi connectivity index (χ3n) is 7.52. The Morgan fingerprint density at radius 1 is 1.00 bits per heavy atom. The van der Waals surface area contributed by atoms with Gasteiger partial charge in [0, 0.05) is 11.1 Å². The summed E-state index contributed by atoms with van der Waals surface area (Å²) < 4.78 is 18.5. The number of fused-ring (bicyclic) bond motifs is 2. The number of furan rings is 1. The normalized spacial score (nSPS) is 15.7. The van der Waals surface area contributed by atoms with Crippen LogP contribution < -0.4 is 19.7 Å². The van der Waals surface area contributed by atoms with Crippen molar-refractivity contribution in [3.05, 3.63) is 114 Å². The van der Waals surface area contributed by atoms with Crippen molar-refractivity contribution in [2.75, 3.05) is 24.0 Å². The summed E-state index contributed by atoms with van der Waals surface area (Å²) in [5, 5.41) is 7.78. The Balaban J connectivity index is 1.41. The van der Waals surface area contributed by atoms with Gasteiger partial charge in [0.2, 0.25) is 18.6 Å². The number of para-hydroxylation sites is 1. The number of aromatic nitrogens is 2. The van der Waals surface area contributed by atoms with Gasteiger partial charge in [0.1, 0.15) is 18.1 Å². The van der Waals surface area contributed by atoms with E-state index < -0.39 is 0 Å². The standard InChI is InChI=1S/C33H28N4O5S/c1-21-8-5-6-12-25(21)37-33-30(31(35-37)22-9-3-2-4-10-22)32(23-13-14-26-27(16-23)42-20-41-26)43-19-29(39)36(33)18-28(38)34-17-24-11-7-15-40-24/h2-16,32H,17-20H2,1H3,(H,34,38)/t32-/m1/s1. The molecule has 10 heteroatoms. The van der Waals surface area contributed by atoms with Crippen LogP contribution in [0.5, 0.6) is 11.5 Å². The van der Waals surface area contributed by atoms with E-state index in [0.29, 0.717) is 23.1 Å². The molecule has 1 atom stereocenters. The topological polar surface area (TPSA) is 98.8 Å². The molecule has 0 aliphatic carbocycles. The van der Waals surface area contributed by atoms with E-state index >= 15 is 0 Å². The number of hydrogen-bond donors (Lipinski definition) is 1. The second kappa shape index (κ2) is 11.4. The summed E-state index contributed by atoms with van der Waals surface area (Å²) in [6.45, 7) is 2.23. The zero-order chi connectivity index (χ0) is 29.3. The number of amides is 2. The number of thioether (sulfide) groups is 1. The summed E-state index contributed by atoms with van der Waals surface area (Å²) in [7, 11) is 0. The molecular weight excluding hydrogens is 564 g/mol. The van der Waals surface area contributed by atoms with Crippen LogP contribution in [0.2, 0.25) is 0 Å². The number of carbonyl (C=O) groups is 2. The maximum atomic E-state index is 13.9. The van der Waals surface area contributed by atoms with Gasteiger partial charge in [0.25, 0.3) is 0 Å². The van der Waals surface area contributed by atoms with Crippen LogP contribution in [0.3, 0.4) is 0 Å². The van der Waals surface area contributed by atoms with Crippen molar-refractivity contribution in [2.45, 2.75) is 18.7 Å². The number of rotatable bonds is 7. The Morgan fingerprint density at radius 2 is 1.81 bits per heavy atom. The number of anilines is 1. The second-order valence-corrected chi connectivity index (χ2v) is 11.4. The van der Waals surface area contributed by atoms with Crippen LogP contribution in [-0.4, -0.2) is 40.7 Å². The predicted octanol–water partition coefficient (Wildman–Crippen LogP) is 5.66. The number of nitrogens with one attached hydrogen (secondary N) is 1. The molecule has 2 amide bonds. The number of benzene rings is 3. The average Bonchev–Trinajstić information content (AvgIpc) is 3.78. The highest BCUT2D eigenvalue weighted by molar-refractivity contribution is 8.00. The fourth-order valence-corrected chi connectivity index (χ4v) is 6.62. The monoisotopic (exact) mass is 592 g/mol. The largest absolute Gasteiger partial charge is 0.467 e. The predicted molar refractivity (Wildman–Crippen MR) is 164 cm³/mol. The van der Waals surface area contributed by atoms with Crippen molar-refractivity contribution in [2.24, 2.45) is 0 Å². The summed E-state index contributed by atoms with van der Waals surface area (Å²) in [4.78, 5) is 28.8. The van der Waals surface area contributed by atoms with Gasteiger partial charge in [0.05, 0.1) is 35.2 Å². The van der Waals surface area contributed by atoms with Gasteiger partial charge in [-0.25, -0.2) is 4.68 Å². The van der Waals surface area contributed by atoms with Gasteiger partial charge in [0.15, 0.2) is 11.5 Å². The van der Waals surface area contributed by atoms with E-state index in [1.54, 1.807) is 23.3 Å². The number of nitrogens with zero attached hydrogens (tertiary/aromatic N) is 3. The quantitative estimate of drug-likeness (QED) is 0.261. The van der Waals surface area contributed by atoms with Crippen molar-refractivity contribution < 1.29 is 23.5 Å². The van der Waals surface area contributed by atoms with Gasteiger partial charge in [-0.1, -0.05) is 54.6 Å². The minimum absolute atomic E-state index is 0.168. The molecule has 0 spiro atoms. The van der Waals surface area contributed by atoms with Crippen LogP contribution >= 0.6 is 11.8 Å². The summed E-state index contributed by atoms with van der Waals surface area (Å²) in [5.74, 6) is 2.23. The fourth-order valence-electron chi connectivity index (χ4n) is 5.44. The number of hydrogen-bond acceptors (Lipinski definition) is 7. The van der Waals surface area contributed by atoms with Crippen LogP contribution in [0, 0.1) is 6.92 Å². The molecule has 0 saturated heterocycles. The van der Waals surface area contributed by atoms with Gasteiger partial charge in [-0.2, -0.15) is 5.10 Å². The minimum atomic E-state index is -0.305. The Bertz CT molecular complexity index is 1800. The molecule has 0 saturated carbocycles. The molecule has 9 nitrogen and oxygen atoms in total. The van der Waals surface area contributed by atoms with Crippen molar-refractivity contribution >= 4 is 29.4 Å². The second-order valence-electron chi connectivity index (χ2n) is 10.3. The molecule has 2 aliphatic rings. The van der Waals surface area contributed by atoms with Crippen LogP contribution in [0.25, 0.3) is 16.9 Å². The molecule has 2 aromatic heterocycles. The summed E-state index contributed by atoms with van der Waals surface area (Å²) in [6.07, 6.45) is 1.56. The molecule has 1 N–H and O–H groups in total. The van der Waals surface area contributed by atoms with E-state index in [0.717, 1.165) is 33.6 Å². The molecule has 0 radical (unpaired) electrons. The molecule has 43 heavy (non-hydrogen) atoms. The van der Waals surface area contributed by atoms with Crippen molar-refractivity contribution in [3.63, 3.8) is 0 Å². The zero-order valence-corrected chi connectivity index (χ0v) is 24.2. The molecule has 2 aliphatic heterocycles. The highest BCUT2D eigenvalue weighted by atomic mass is 32.2. The first kappa shape index (κ1) is 26.9. The van der Waals surface area contributed by atoms with E-state index in [9.17, 15) is 9.59 Å². The maximum absolute atomic E-state index is 13.9. The van der Waals surface area contributed by atoms with Crippen molar-refractivity contribution in [1.29, 1.82) is 0 Å². The Kier molecular flexibility index (Phi) is 7.12. The van der Waals surface area contributed by atoms with Gasteiger partial charge in [-0.15, -0.1) is 11.8 Å². The minimum Gasteiger partial charge on any atom is -0.467 e. The maximum Gasteiger partial charge on any atom is 0.240 e. The Hall–Kier alpha value is -4.96. The zero-order valence-electron chi connectivity index (χ0n) is 23.4. The van der Waals surface area contributed by atoms with E-state index in [2.05, 4.69) is 5.32 Å². The molecule has 3 aromatic carbocycles. The lowest BCUT2D eigenvalue weighted by molar-refractivity contribution is -0.123. The molecule has 0 bridgehead atoms. The van der Waals surface area contributed by atoms with Gasteiger partial charge in [-0.05, 0) is 48.4 Å². The molecule has 0 fully saturated rings. The molecule has 4 heterocycles. The number of ether oxygens (including phenoxy) is 2. The average molecular weight is 593 g/mol. The molecule has 216 valence electrons. The summed E-state index contributed by atoms with van der Waals surface area (Å²) in [6, 6.07) is 27.3. The first-order valence-electron chi connectivity index (χ1n) is 13.9. The van der Waals surface area contributed by atoms with Gasteiger partial charge in [-0.3, -0.25) is 14.5 Å². The Morgan fingerprint density at radius 3 is 2.63 bits per heavy atom.